The Kier molecular flexibility index (Phi) is 4.32. The van der Waals surface area contributed by atoms with Crippen LogP contribution in [0, 0.1) is 13.8 Å². The second-order valence-electron chi connectivity index (χ2n) is 6.76. The van der Waals surface area contributed by atoms with Crippen LogP contribution >= 0.6 is 0 Å². The molecule has 0 amide bonds. The third-order valence-corrected chi connectivity index (χ3v) is 5.10. The van der Waals surface area contributed by atoms with E-state index in [9.17, 15) is 4.79 Å². The van der Waals surface area contributed by atoms with Gasteiger partial charge in [-0.3, -0.25) is 9.67 Å². The number of carbonyl (C=O) groups excluding carboxylic acids is 1. The minimum atomic E-state index is -0.266. The Labute approximate surface area is 152 Å². The number of hydrogen-bond donors (Lipinski definition) is 0. The van der Waals surface area contributed by atoms with Gasteiger partial charge in [-0.15, -0.1) is 0 Å². The average molecular weight is 350 g/mol. The molecule has 26 heavy (non-hydrogen) atoms. The van der Waals surface area contributed by atoms with E-state index >= 15 is 0 Å². The summed E-state index contributed by atoms with van der Waals surface area (Å²) in [5.74, 6) is -0.266. The molecule has 3 aromatic heterocycles. The van der Waals surface area contributed by atoms with Gasteiger partial charge in [-0.05, 0) is 57.4 Å². The maximum atomic E-state index is 12.9. The van der Waals surface area contributed by atoms with Crippen LogP contribution in [0.15, 0.2) is 49.1 Å². The first-order valence-corrected chi connectivity index (χ1v) is 8.94. The van der Waals surface area contributed by atoms with Crippen LogP contribution in [0.1, 0.15) is 47.1 Å². The summed E-state index contributed by atoms with van der Waals surface area (Å²) in [6.45, 7) is 3.93. The zero-order chi connectivity index (χ0) is 18.1. The topological polar surface area (TPSA) is 61.9 Å². The van der Waals surface area contributed by atoms with Crippen molar-refractivity contribution in [2.45, 2.75) is 45.3 Å². The molecule has 0 aromatic carbocycles. The van der Waals surface area contributed by atoms with Gasteiger partial charge in [-0.1, -0.05) is 0 Å². The highest BCUT2D eigenvalue weighted by atomic mass is 16.5. The number of aromatic nitrogens is 4. The Balaban J connectivity index is 1.57. The van der Waals surface area contributed by atoms with Crippen LogP contribution in [0.3, 0.4) is 0 Å². The molecule has 0 radical (unpaired) electrons. The third kappa shape index (κ3) is 2.92. The molecular weight excluding hydrogens is 328 g/mol. The molecule has 0 N–H and O–H groups in total. The smallest absolute Gasteiger partial charge is 0.340 e. The van der Waals surface area contributed by atoms with Crippen molar-refractivity contribution >= 4 is 5.97 Å². The van der Waals surface area contributed by atoms with E-state index in [2.05, 4.69) is 10.1 Å². The first-order chi connectivity index (χ1) is 12.6. The summed E-state index contributed by atoms with van der Waals surface area (Å²) in [5, 5.41) is 4.32. The first kappa shape index (κ1) is 16.6. The van der Waals surface area contributed by atoms with E-state index in [-0.39, 0.29) is 18.1 Å². The van der Waals surface area contributed by atoms with Crippen molar-refractivity contribution in [3.8, 4) is 5.69 Å². The van der Waals surface area contributed by atoms with Crippen LogP contribution in [-0.4, -0.2) is 31.4 Å². The van der Waals surface area contributed by atoms with Gasteiger partial charge < -0.3 is 9.30 Å². The van der Waals surface area contributed by atoms with Crippen molar-refractivity contribution in [1.82, 2.24) is 19.3 Å². The highest BCUT2D eigenvalue weighted by molar-refractivity contribution is 5.91. The van der Waals surface area contributed by atoms with Crippen LogP contribution in [0.2, 0.25) is 0 Å². The molecule has 0 unspecified atom stereocenters. The summed E-state index contributed by atoms with van der Waals surface area (Å²) in [4.78, 5) is 17.0. The Bertz CT molecular complexity index is 900. The molecule has 0 bridgehead atoms. The molecule has 0 spiro atoms. The summed E-state index contributed by atoms with van der Waals surface area (Å²) >= 11 is 0. The number of rotatable bonds is 4. The number of nitrogens with zero attached hydrogens (tertiary/aromatic N) is 4. The molecule has 6 heteroatoms. The van der Waals surface area contributed by atoms with E-state index in [1.807, 2.05) is 53.6 Å². The second kappa shape index (κ2) is 6.78. The fraction of sp³-hybridized carbons (Fsp3) is 0.350. The lowest BCUT2D eigenvalue weighted by molar-refractivity contribution is 0.0209. The van der Waals surface area contributed by atoms with Crippen LogP contribution in [0.5, 0.6) is 0 Å². The lowest BCUT2D eigenvalue weighted by atomic mass is 10.2. The molecule has 6 nitrogen and oxygen atoms in total. The summed E-state index contributed by atoms with van der Waals surface area (Å²) in [6, 6.07) is 7.78. The Morgan fingerprint density at radius 3 is 2.85 bits per heavy atom. The fourth-order valence-electron chi connectivity index (χ4n) is 3.88. The van der Waals surface area contributed by atoms with Crippen LogP contribution < -0.4 is 0 Å². The predicted octanol–water partition coefficient (Wildman–Crippen LogP) is 3.64. The predicted molar refractivity (Wildman–Crippen MR) is 97.4 cm³/mol. The number of ether oxygens (including phenoxy) is 1. The number of carbonyl (C=O) groups is 1. The molecule has 1 fully saturated rings. The third-order valence-electron chi connectivity index (χ3n) is 5.10. The van der Waals surface area contributed by atoms with E-state index in [4.69, 9.17) is 4.74 Å². The van der Waals surface area contributed by atoms with Gasteiger partial charge in [-0.25, -0.2) is 4.79 Å². The van der Waals surface area contributed by atoms with Crippen LogP contribution in [0.25, 0.3) is 5.69 Å². The fourth-order valence-corrected chi connectivity index (χ4v) is 3.88. The van der Waals surface area contributed by atoms with Gasteiger partial charge in [0.2, 0.25) is 0 Å². The zero-order valence-electron chi connectivity index (χ0n) is 15.0. The number of aryl methyl sites for hydroxylation is 1. The quantitative estimate of drug-likeness (QED) is 0.674. The van der Waals surface area contributed by atoms with Crippen molar-refractivity contribution < 1.29 is 9.53 Å². The summed E-state index contributed by atoms with van der Waals surface area (Å²) < 4.78 is 9.83. The Hall–Kier alpha value is -2.89. The van der Waals surface area contributed by atoms with E-state index in [1.54, 1.807) is 18.6 Å². The molecule has 4 rings (SSSR count). The minimum absolute atomic E-state index is 0.121. The highest BCUT2D eigenvalue weighted by Gasteiger charge is 2.33. The van der Waals surface area contributed by atoms with Crippen molar-refractivity contribution in [2.75, 3.05) is 0 Å². The van der Waals surface area contributed by atoms with E-state index in [0.29, 0.717) is 5.56 Å². The standard InChI is InChI=1S/C20H22N4O2/c1-14-12-17(15(2)24(14)16-6-4-9-21-13-16)20(25)26-19-8-3-7-18(19)23-11-5-10-22-23/h4-6,9-13,18-19H,3,7-8H2,1-2H3/t18-,19-/m1/s1. The Morgan fingerprint density at radius 1 is 1.23 bits per heavy atom. The number of pyridine rings is 1. The normalized spacial score (nSPS) is 19.6. The van der Waals surface area contributed by atoms with Gasteiger partial charge in [0.15, 0.2) is 0 Å². The second-order valence-corrected chi connectivity index (χ2v) is 6.76. The lowest BCUT2D eigenvalue weighted by Crippen LogP contribution is -2.25. The van der Waals surface area contributed by atoms with Gasteiger partial charge in [-0.2, -0.15) is 5.10 Å². The molecule has 3 aromatic rings. The summed E-state index contributed by atoms with van der Waals surface area (Å²) in [6.07, 6.45) is 9.98. The van der Waals surface area contributed by atoms with E-state index in [1.165, 1.54) is 0 Å². The first-order valence-electron chi connectivity index (χ1n) is 8.94. The van der Waals surface area contributed by atoms with E-state index < -0.39 is 0 Å². The number of hydrogen-bond acceptors (Lipinski definition) is 4. The highest BCUT2D eigenvalue weighted by Crippen LogP contribution is 2.33. The van der Waals surface area contributed by atoms with Crippen LogP contribution in [0.4, 0.5) is 0 Å². The van der Waals surface area contributed by atoms with Crippen molar-refractivity contribution in [1.29, 1.82) is 0 Å². The van der Waals surface area contributed by atoms with Crippen LogP contribution in [-0.2, 0) is 4.74 Å². The largest absolute Gasteiger partial charge is 0.456 e. The summed E-state index contributed by atoms with van der Waals surface area (Å²) in [7, 11) is 0. The molecule has 0 aliphatic heterocycles. The van der Waals surface area contributed by atoms with Gasteiger partial charge in [0, 0.05) is 30.0 Å². The van der Waals surface area contributed by atoms with Crippen molar-refractivity contribution in [2.24, 2.45) is 0 Å². The van der Waals surface area contributed by atoms with Gasteiger partial charge >= 0.3 is 5.97 Å². The molecular formula is C20H22N4O2. The minimum Gasteiger partial charge on any atom is -0.456 e. The molecule has 134 valence electrons. The maximum absolute atomic E-state index is 12.9. The monoisotopic (exact) mass is 350 g/mol. The zero-order valence-corrected chi connectivity index (χ0v) is 15.0. The molecule has 3 heterocycles. The Morgan fingerprint density at radius 2 is 2.12 bits per heavy atom. The molecule has 2 atom stereocenters. The van der Waals surface area contributed by atoms with Crippen molar-refractivity contribution in [3.63, 3.8) is 0 Å². The van der Waals surface area contributed by atoms with E-state index in [0.717, 1.165) is 36.3 Å². The summed E-state index contributed by atoms with van der Waals surface area (Å²) in [5.41, 5.74) is 3.40. The van der Waals surface area contributed by atoms with Gasteiger partial charge in [0.05, 0.1) is 23.5 Å². The number of esters is 1. The molecule has 1 saturated carbocycles. The van der Waals surface area contributed by atoms with Gasteiger partial charge in [0.1, 0.15) is 6.10 Å². The maximum Gasteiger partial charge on any atom is 0.340 e. The molecule has 1 aliphatic carbocycles. The average Bonchev–Trinajstić information content (AvgIpc) is 3.36. The molecule has 1 aliphatic rings. The van der Waals surface area contributed by atoms with Crippen molar-refractivity contribution in [3.05, 3.63) is 66.0 Å². The molecule has 0 saturated heterocycles. The van der Waals surface area contributed by atoms with Gasteiger partial charge in [0.25, 0.3) is 0 Å². The lowest BCUT2D eigenvalue weighted by Gasteiger charge is -2.20. The SMILES string of the molecule is Cc1cc(C(=O)O[C@@H]2CCC[C@H]2n2cccn2)c(C)n1-c1cccnc1.